The van der Waals surface area contributed by atoms with Crippen molar-refractivity contribution in [2.45, 2.75) is 13.3 Å². The summed E-state index contributed by atoms with van der Waals surface area (Å²) in [6.45, 7) is 2.01. The number of hydrogen-bond acceptors (Lipinski definition) is 4. The van der Waals surface area contributed by atoms with Crippen LogP contribution >= 0.6 is 0 Å². The van der Waals surface area contributed by atoms with Gasteiger partial charge in [-0.3, -0.25) is 0 Å². The summed E-state index contributed by atoms with van der Waals surface area (Å²) < 4.78 is 0. The van der Waals surface area contributed by atoms with Gasteiger partial charge in [-0.1, -0.05) is 6.92 Å². The van der Waals surface area contributed by atoms with Gasteiger partial charge in [-0.05, 0) is 6.42 Å². The first-order valence-electron chi connectivity index (χ1n) is 3.08. The number of imidazole rings is 1. The fourth-order valence-electron chi connectivity index (χ4n) is 0.662. The Bertz CT molecular complexity index is 204. The largest absolute Gasteiger partial charge is 0.328 e. The molecule has 0 radical (unpaired) electrons. The van der Waals surface area contributed by atoms with E-state index in [1.165, 1.54) is 0 Å². The SMILES string of the molecule is CCc1c[nH]c(N(N)N)n1. The summed E-state index contributed by atoms with van der Waals surface area (Å²) in [5, 5.41) is 0.958. The first-order valence-corrected chi connectivity index (χ1v) is 3.08. The molecule has 0 aliphatic heterocycles. The zero-order valence-corrected chi connectivity index (χ0v) is 5.83. The summed E-state index contributed by atoms with van der Waals surface area (Å²) in [4.78, 5) is 6.87. The number of nitrogens with two attached hydrogens (primary N) is 2. The van der Waals surface area contributed by atoms with Crippen molar-refractivity contribution in [1.29, 1.82) is 0 Å². The highest BCUT2D eigenvalue weighted by Crippen LogP contribution is 2.02. The number of H-pyrrole nitrogens is 1. The zero-order valence-electron chi connectivity index (χ0n) is 5.83. The average Bonchev–Trinajstić information content (AvgIpc) is 2.34. The number of aromatic nitrogens is 2. The normalized spacial score (nSPS) is 9.90. The molecule has 0 saturated heterocycles. The predicted molar refractivity (Wildman–Crippen MR) is 38.8 cm³/mol. The maximum absolute atomic E-state index is 5.20. The lowest BCUT2D eigenvalue weighted by molar-refractivity contribution is 0.872. The molecule has 0 atom stereocenters. The van der Waals surface area contributed by atoms with Crippen LogP contribution in [0.25, 0.3) is 0 Å². The molecular weight excluding hydrogens is 130 g/mol. The van der Waals surface area contributed by atoms with Gasteiger partial charge >= 0.3 is 0 Å². The standard InChI is InChI=1S/C5H11N5/c1-2-4-3-8-5(9-4)10(6)7/h3H,2,6-7H2,1H3,(H,8,9). The molecule has 0 spiro atoms. The number of nitrogens with zero attached hydrogens (tertiary/aromatic N) is 2. The second-order valence-electron chi connectivity index (χ2n) is 1.98. The quantitative estimate of drug-likeness (QED) is 0.384. The van der Waals surface area contributed by atoms with E-state index in [1.54, 1.807) is 6.20 Å². The Labute approximate surface area is 59.0 Å². The molecule has 0 unspecified atom stereocenters. The van der Waals surface area contributed by atoms with Crippen LogP contribution in [0.4, 0.5) is 5.95 Å². The van der Waals surface area contributed by atoms with Crippen molar-refractivity contribution >= 4 is 5.95 Å². The molecule has 0 aliphatic carbocycles. The average molecular weight is 141 g/mol. The highest BCUT2D eigenvalue weighted by atomic mass is 15.6. The minimum absolute atomic E-state index is 0.483. The predicted octanol–water partition coefficient (Wildman–Crippen LogP) is -0.474. The van der Waals surface area contributed by atoms with Gasteiger partial charge in [0.1, 0.15) is 0 Å². The van der Waals surface area contributed by atoms with Gasteiger partial charge in [-0.15, -0.1) is 0 Å². The van der Waals surface area contributed by atoms with Crippen molar-refractivity contribution < 1.29 is 0 Å². The van der Waals surface area contributed by atoms with Crippen LogP contribution in [0, 0.1) is 0 Å². The summed E-state index contributed by atoms with van der Waals surface area (Å²) in [6.07, 6.45) is 2.66. The van der Waals surface area contributed by atoms with Crippen LogP contribution in [0.2, 0.25) is 0 Å². The minimum Gasteiger partial charge on any atom is -0.328 e. The molecule has 1 heterocycles. The first kappa shape index (κ1) is 7.04. The summed E-state index contributed by atoms with van der Waals surface area (Å²) in [5.74, 6) is 10.9. The van der Waals surface area contributed by atoms with Gasteiger partial charge in [0.2, 0.25) is 5.95 Å². The van der Waals surface area contributed by atoms with Crippen molar-refractivity contribution in [3.63, 3.8) is 0 Å². The van der Waals surface area contributed by atoms with E-state index in [9.17, 15) is 0 Å². The molecule has 5 nitrogen and oxygen atoms in total. The molecule has 0 saturated carbocycles. The molecule has 5 heteroatoms. The van der Waals surface area contributed by atoms with Gasteiger partial charge in [0.05, 0.1) is 5.69 Å². The van der Waals surface area contributed by atoms with E-state index in [1.807, 2.05) is 6.92 Å². The number of hydrazine groups is 2. The highest BCUT2D eigenvalue weighted by molar-refractivity contribution is 5.25. The molecule has 0 amide bonds. The molecule has 1 aromatic rings. The van der Waals surface area contributed by atoms with Crippen LogP contribution in [-0.4, -0.2) is 9.97 Å². The molecule has 56 valence electrons. The Balaban J connectivity index is 2.78. The molecule has 0 fully saturated rings. The van der Waals surface area contributed by atoms with E-state index in [2.05, 4.69) is 9.97 Å². The summed E-state index contributed by atoms with van der Waals surface area (Å²) >= 11 is 0. The zero-order chi connectivity index (χ0) is 7.56. The van der Waals surface area contributed by atoms with Gasteiger partial charge in [-0.25, -0.2) is 21.8 Å². The second-order valence-corrected chi connectivity index (χ2v) is 1.98. The molecular formula is C5H11N5. The maximum Gasteiger partial charge on any atom is 0.232 e. The molecule has 5 N–H and O–H groups in total. The van der Waals surface area contributed by atoms with E-state index < -0.39 is 0 Å². The Kier molecular flexibility index (Phi) is 1.88. The second kappa shape index (κ2) is 2.68. The van der Waals surface area contributed by atoms with E-state index in [0.29, 0.717) is 5.95 Å². The first-order chi connectivity index (χ1) is 4.74. The summed E-state index contributed by atoms with van der Waals surface area (Å²) in [7, 11) is 0. The molecule has 10 heavy (non-hydrogen) atoms. The maximum atomic E-state index is 5.20. The van der Waals surface area contributed by atoms with Gasteiger partial charge in [0.25, 0.3) is 0 Å². The number of aryl methyl sites for hydroxylation is 1. The van der Waals surface area contributed by atoms with E-state index in [0.717, 1.165) is 17.2 Å². The van der Waals surface area contributed by atoms with Crippen molar-refractivity contribution in [3.8, 4) is 0 Å². The fourth-order valence-corrected chi connectivity index (χ4v) is 0.662. The fraction of sp³-hybridized carbons (Fsp3) is 0.400. The Hall–Kier alpha value is -1.07. The molecule has 0 aromatic carbocycles. The smallest absolute Gasteiger partial charge is 0.232 e. The van der Waals surface area contributed by atoms with Crippen LogP contribution in [-0.2, 0) is 6.42 Å². The molecule has 1 rings (SSSR count). The number of aromatic amines is 1. The van der Waals surface area contributed by atoms with Crippen LogP contribution in [0.15, 0.2) is 6.20 Å². The van der Waals surface area contributed by atoms with Crippen molar-refractivity contribution in [1.82, 2.24) is 9.97 Å². The Morgan fingerprint density at radius 1 is 1.70 bits per heavy atom. The Morgan fingerprint density at radius 3 is 2.70 bits per heavy atom. The van der Waals surface area contributed by atoms with E-state index in [-0.39, 0.29) is 0 Å². The van der Waals surface area contributed by atoms with Crippen molar-refractivity contribution in [2.75, 3.05) is 5.12 Å². The number of nitrogens with one attached hydrogen (secondary N) is 1. The van der Waals surface area contributed by atoms with Gasteiger partial charge in [-0.2, -0.15) is 0 Å². The van der Waals surface area contributed by atoms with Crippen LogP contribution in [0.3, 0.4) is 0 Å². The number of rotatable bonds is 2. The van der Waals surface area contributed by atoms with Gasteiger partial charge in [0, 0.05) is 6.20 Å². The van der Waals surface area contributed by atoms with Gasteiger partial charge in [0.15, 0.2) is 0 Å². The highest BCUT2D eigenvalue weighted by Gasteiger charge is 1.99. The minimum atomic E-state index is 0.483. The molecule has 0 aliphatic rings. The summed E-state index contributed by atoms with van der Waals surface area (Å²) in [6, 6.07) is 0. The van der Waals surface area contributed by atoms with E-state index >= 15 is 0 Å². The number of anilines is 1. The van der Waals surface area contributed by atoms with Crippen LogP contribution in [0.1, 0.15) is 12.6 Å². The topological polar surface area (TPSA) is 84.0 Å². The summed E-state index contributed by atoms with van der Waals surface area (Å²) in [5.41, 5.74) is 0.955. The molecule has 0 bridgehead atoms. The third-order valence-electron chi connectivity index (χ3n) is 1.22. The van der Waals surface area contributed by atoms with Crippen LogP contribution in [0.5, 0.6) is 0 Å². The lowest BCUT2D eigenvalue weighted by atomic mass is 10.4. The third kappa shape index (κ3) is 1.26. The van der Waals surface area contributed by atoms with Gasteiger partial charge < -0.3 is 4.98 Å². The van der Waals surface area contributed by atoms with E-state index in [4.69, 9.17) is 11.7 Å². The monoisotopic (exact) mass is 141 g/mol. The van der Waals surface area contributed by atoms with Crippen molar-refractivity contribution in [3.05, 3.63) is 11.9 Å². The Morgan fingerprint density at radius 2 is 2.40 bits per heavy atom. The van der Waals surface area contributed by atoms with Crippen LogP contribution < -0.4 is 16.8 Å². The lowest BCUT2D eigenvalue weighted by Gasteiger charge is -2.04. The molecule has 1 aromatic heterocycles. The number of hydrogen-bond donors (Lipinski definition) is 3. The van der Waals surface area contributed by atoms with Crippen molar-refractivity contribution in [2.24, 2.45) is 11.7 Å². The third-order valence-corrected chi connectivity index (χ3v) is 1.22. The lowest BCUT2D eigenvalue weighted by Crippen LogP contribution is -2.38.